The summed E-state index contributed by atoms with van der Waals surface area (Å²) in [7, 11) is 1.54. The van der Waals surface area contributed by atoms with E-state index in [1.54, 1.807) is 19.4 Å². The number of nitrogens with zero attached hydrogens (tertiary/aromatic N) is 4. The van der Waals surface area contributed by atoms with Crippen LogP contribution in [-0.2, 0) is 0 Å². The molecule has 1 atom stereocenters. The van der Waals surface area contributed by atoms with Gasteiger partial charge in [0.05, 0.1) is 24.4 Å². The molecule has 2 aromatic rings. The first-order chi connectivity index (χ1) is 10.2. The third-order valence-corrected chi connectivity index (χ3v) is 3.71. The fourth-order valence-electron chi connectivity index (χ4n) is 2.31. The van der Waals surface area contributed by atoms with E-state index >= 15 is 0 Å². The van der Waals surface area contributed by atoms with E-state index in [4.69, 9.17) is 16.3 Å². The number of hydrogen-bond acceptors (Lipinski definition) is 6. The molecule has 0 bridgehead atoms. The number of ether oxygens (including phenoxy) is 1. The number of anilines is 1. The number of hydrogen-bond donors (Lipinski definition) is 1. The molecule has 21 heavy (non-hydrogen) atoms. The van der Waals surface area contributed by atoms with Gasteiger partial charge in [0.15, 0.2) is 5.82 Å². The van der Waals surface area contributed by atoms with Crippen molar-refractivity contribution in [1.82, 2.24) is 15.0 Å². The summed E-state index contributed by atoms with van der Waals surface area (Å²) < 4.78 is 5.11. The molecule has 3 heterocycles. The Morgan fingerprint density at radius 2 is 2.29 bits per heavy atom. The Morgan fingerprint density at radius 3 is 3.00 bits per heavy atom. The van der Waals surface area contributed by atoms with Crippen molar-refractivity contribution in [1.29, 1.82) is 0 Å². The molecule has 0 saturated carbocycles. The summed E-state index contributed by atoms with van der Waals surface area (Å²) in [5, 5.41) is 10.1. The molecule has 3 rings (SSSR count). The fourth-order valence-corrected chi connectivity index (χ4v) is 2.50. The van der Waals surface area contributed by atoms with Crippen LogP contribution in [0.25, 0.3) is 11.4 Å². The van der Waals surface area contributed by atoms with Crippen LogP contribution in [0, 0.1) is 0 Å². The van der Waals surface area contributed by atoms with Crippen LogP contribution in [-0.4, -0.2) is 46.4 Å². The maximum absolute atomic E-state index is 9.63. The van der Waals surface area contributed by atoms with Crippen molar-refractivity contribution in [3.05, 3.63) is 29.5 Å². The Hall–Kier alpha value is -1.92. The molecule has 0 aliphatic carbocycles. The second-order valence-corrected chi connectivity index (χ2v) is 5.24. The molecule has 0 amide bonds. The topological polar surface area (TPSA) is 71.4 Å². The van der Waals surface area contributed by atoms with E-state index in [-0.39, 0.29) is 6.10 Å². The van der Waals surface area contributed by atoms with Crippen LogP contribution in [0.4, 0.5) is 5.82 Å². The van der Waals surface area contributed by atoms with Gasteiger partial charge >= 0.3 is 0 Å². The van der Waals surface area contributed by atoms with Crippen LogP contribution in [0.5, 0.6) is 5.88 Å². The van der Waals surface area contributed by atoms with Gasteiger partial charge in [-0.1, -0.05) is 11.6 Å². The molecule has 1 aliphatic rings. The smallest absolute Gasteiger partial charge is 0.213 e. The Bertz CT molecular complexity index is 653. The third-order valence-electron chi connectivity index (χ3n) is 3.41. The van der Waals surface area contributed by atoms with Gasteiger partial charge in [0, 0.05) is 30.9 Å². The highest BCUT2D eigenvalue weighted by Gasteiger charge is 2.22. The van der Waals surface area contributed by atoms with Crippen molar-refractivity contribution < 1.29 is 9.84 Å². The molecule has 1 aliphatic heterocycles. The molecule has 0 spiro atoms. The van der Waals surface area contributed by atoms with Crippen molar-refractivity contribution in [3.8, 4) is 17.3 Å². The van der Waals surface area contributed by atoms with Crippen LogP contribution >= 0.6 is 11.6 Å². The third kappa shape index (κ3) is 2.91. The first-order valence-electron chi connectivity index (χ1n) is 6.63. The van der Waals surface area contributed by atoms with Gasteiger partial charge in [0.1, 0.15) is 5.82 Å². The standard InChI is InChI=1S/C14H15ClN4O2/c1-21-13-6-10(11(15)7-17-13)14-16-4-2-12(18-14)19-5-3-9(20)8-19/h2,4,6-7,9,20H,3,5,8H2,1H3. The summed E-state index contributed by atoms with van der Waals surface area (Å²) in [5.74, 6) is 1.75. The Morgan fingerprint density at radius 1 is 1.43 bits per heavy atom. The second kappa shape index (κ2) is 5.83. The molecular formula is C14H15ClN4O2. The van der Waals surface area contributed by atoms with Crippen molar-refractivity contribution in [3.63, 3.8) is 0 Å². The van der Waals surface area contributed by atoms with Crippen LogP contribution in [0.15, 0.2) is 24.5 Å². The highest BCUT2D eigenvalue weighted by molar-refractivity contribution is 6.33. The number of methoxy groups -OCH3 is 1. The molecule has 1 fully saturated rings. The summed E-state index contributed by atoms with van der Waals surface area (Å²) in [6.45, 7) is 1.37. The Labute approximate surface area is 127 Å². The van der Waals surface area contributed by atoms with Crippen molar-refractivity contribution in [2.45, 2.75) is 12.5 Å². The van der Waals surface area contributed by atoms with Gasteiger partial charge in [-0.25, -0.2) is 15.0 Å². The van der Waals surface area contributed by atoms with Gasteiger partial charge in [0.2, 0.25) is 5.88 Å². The number of pyridine rings is 1. The molecular weight excluding hydrogens is 292 g/mol. The summed E-state index contributed by atoms with van der Waals surface area (Å²) in [6, 6.07) is 3.54. The Balaban J connectivity index is 1.96. The maximum atomic E-state index is 9.63. The molecule has 0 radical (unpaired) electrons. The first-order valence-corrected chi connectivity index (χ1v) is 7.01. The molecule has 110 valence electrons. The second-order valence-electron chi connectivity index (χ2n) is 4.83. The zero-order chi connectivity index (χ0) is 14.8. The predicted octanol–water partition coefficient (Wildman–Crippen LogP) is 1.77. The minimum Gasteiger partial charge on any atom is -0.481 e. The minimum atomic E-state index is -0.298. The van der Waals surface area contributed by atoms with Gasteiger partial charge in [-0.15, -0.1) is 0 Å². The van der Waals surface area contributed by atoms with E-state index in [1.807, 2.05) is 11.0 Å². The number of aromatic nitrogens is 3. The zero-order valence-corrected chi connectivity index (χ0v) is 12.3. The molecule has 2 aromatic heterocycles. The number of aliphatic hydroxyl groups is 1. The SMILES string of the molecule is COc1cc(-c2nccc(N3CCC(O)C3)n2)c(Cl)cn1. The van der Waals surface area contributed by atoms with E-state index in [0.717, 1.165) is 18.8 Å². The molecule has 0 aromatic carbocycles. The number of aliphatic hydroxyl groups excluding tert-OH is 1. The number of rotatable bonds is 3. The lowest BCUT2D eigenvalue weighted by Gasteiger charge is -2.17. The van der Waals surface area contributed by atoms with Crippen molar-refractivity contribution in [2.24, 2.45) is 0 Å². The Kier molecular flexibility index (Phi) is 3.90. The molecule has 1 N–H and O–H groups in total. The molecule has 6 nitrogen and oxygen atoms in total. The normalized spacial score (nSPS) is 18.0. The van der Waals surface area contributed by atoms with E-state index in [1.165, 1.54) is 6.20 Å². The summed E-state index contributed by atoms with van der Waals surface area (Å²) in [6.07, 6.45) is 3.66. The van der Waals surface area contributed by atoms with Gasteiger partial charge in [-0.05, 0) is 12.5 Å². The van der Waals surface area contributed by atoms with Crippen molar-refractivity contribution >= 4 is 17.4 Å². The van der Waals surface area contributed by atoms with E-state index < -0.39 is 0 Å². The van der Waals surface area contributed by atoms with E-state index in [0.29, 0.717) is 28.8 Å². The summed E-state index contributed by atoms with van der Waals surface area (Å²) in [4.78, 5) is 14.9. The zero-order valence-electron chi connectivity index (χ0n) is 11.5. The maximum Gasteiger partial charge on any atom is 0.213 e. The van der Waals surface area contributed by atoms with E-state index in [2.05, 4.69) is 15.0 Å². The minimum absolute atomic E-state index is 0.298. The van der Waals surface area contributed by atoms with Gasteiger partial charge in [-0.3, -0.25) is 0 Å². The average molecular weight is 307 g/mol. The summed E-state index contributed by atoms with van der Waals surface area (Å²) in [5.41, 5.74) is 0.671. The predicted molar refractivity (Wildman–Crippen MR) is 79.7 cm³/mol. The highest BCUT2D eigenvalue weighted by atomic mass is 35.5. The van der Waals surface area contributed by atoms with Crippen LogP contribution < -0.4 is 9.64 Å². The van der Waals surface area contributed by atoms with Crippen molar-refractivity contribution in [2.75, 3.05) is 25.1 Å². The van der Waals surface area contributed by atoms with Crippen LogP contribution in [0.2, 0.25) is 5.02 Å². The van der Waals surface area contributed by atoms with Gasteiger partial charge in [-0.2, -0.15) is 0 Å². The van der Waals surface area contributed by atoms with Crippen LogP contribution in [0.3, 0.4) is 0 Å². The lowest BCUT2D eigenvalue weighted by atomic mass is 10.2. The van der Waals surface area contributed by atoms with E-state index in [9.17, 15) is 5.11 Å². The monoisotopic (exact) mass is 306 g/mol. The largest absolute Gasteiger partial charge is 0.481 e. The quantitative estimate of drug-likeness (QED) is 0.932. The number of halogens is 1. The van der Waals surface area contributed by atoms with Crippen LogP contribution in [0.1, 0.15) is 6.42 Å². The lowest BCUT2D eigenvalue weighted by molar-refractivity contribution is 0.198. The lowest BCUT2D eigenvalue weighted by Crippen LogP contribution is -2.22. The van der Waals surface area contributed by atoms with Gasteiger partial charge in [0.25, 0.3) is 0 Å². The molecule has 1 saturated heterocycles. The molecule has 1 unspecified atom stereocenters. The molecule has 7 heteroatoms. The fraction of sp³-hybridized carbons (Fsp3) is 0.357. The van der Waals surface area contributed by atoms with Gasteiger partial charge < -0.3 is 14.7 Å². The summed E-state index contributed by atoms with van der Waals surface area (Å²) >= 11 is 6.17. The first kappa shape index (κ1) is 14.0. The average Bonchev–Trinajstić information content (AvgIpc) is 2.94. The highest BCUT2D eigenvalue weighted by Crippen LogP contribution is 2.29. The number of β-amino-alcohol motifs (C(OH)–C–C–N with tert-alkyl or cyclic N) is 1.